The highest BCUT2D eigenvalue weighted by Gasteiger charge is 2.31. The molecule has 1 N–H and O–H groups in total. The van der Waals surface area contributed by atoms with Crippen molar-refractivity contribution in [2.45, 2.75) is 6.92 Å². The van der Waals surface area contributed by atoms with Crippen molar-refractivity contribution >= 4 is 23.5 Å². The van der Waals surface area contributed by atoms with Gasteiger partial charge in [-0.3, -0.25) is 5.43 Å². The van der Waals surface area contributed by atoms with Crippen LogP contribution < -0.4 is 5.43 Å². The Bertz CT molecular complexity index is 223. The summed E-state index contributed by atoms with van der Waals surface area (Å²) in [4.78, 5) is 1.80. The molecule has 0 aromatic heterocycles. The van der Waals surface area contributed by atoms with Gasteiger partial charge in [-0.15, -0.1) is 0 Å². The number of hydrazone groups is 1. The van der Waals surface area contributed by atoms with E-state index in [4.69, 9.17) is 17.0 Å². The summed E-state index contributed by atoms with van der Waals surface area (Å²) in [5.74, 6) is 0. The van der Waals surface area contributed by atoms with Crippen molar-refractivity contribution in [3.05, 3.63) is 0 Å². The number of rotatable bonds is 2. The van der Waals surface area contributed by atoms with E-state index in [1.165, 1.54) is 0 Å². The highest BCUT2D eigenvalue weighted by atomic mass is 32.1. The number of nitrogens with zero attached hydrogens (tertiary/aromatic N) is 2. The van der Waals surface area contributed by atoms with E-state index < -0.39 is 0 Å². The van der Waals surface area contributed by atoms with Crippen molar-refractivity contribution in [3.8, 4) is 0 Å². The molecule has 1 aliphatic rings. The van der Waals surface area contributed by atoms with E-state index in [2.05, 4.69) is 17.5 Å². The Morgan fingerprint density at radius 3 is 2.62 bits per heavy atom. The predicted octanol–water partition coefficient (Wildman–Crippen LogP) is 0.445. The molecular formula is C8H15N3OS. The van der Waals surface area contributed by atoms with Crippen molar-refractivity contribution in [1.29, 1.82) is 0 Å². The molecule has 4 nitrogen and oxygen atoms in total. The van der Waals surface area contributed by atoms with Gasteiger partial charge in [-0.2, -0.15) is 5.10 Å². The standard InChI is InChI=1S/C8H15N3OS/c1-8(5-12-6-8)4-9-10-7(13)11(2)3/h4H,5-6H2,1-3H3,(H,10,13)/b9-4+. The maximum absolute atomic E-state index is 5.08. The van der Waals surface area contributed by atoms with Gasteiger partial charge in [-0.05, 0) is 12.2 Å². The van der Waals surface area contributed by atoms with Crippen LogP contribution in [-0.4, -0.2) is 43.5 Å². The molecule has 1 rings (SSSR count). The fraction of sp³-hybridized carbons (Fsp3) is 0.750. The summed E-state index contributed by atoms with van der Waals surface area (Å²) in [6.07, 6.45) is 1.85. The summed E-state index contributed by atoms with van der Waals surface area (Å²) in [5, 5.41) is 4.66. The summed E-state index contributed by atoms with van der Waals surface area (Å²) >= 11 is 4.99. The van der Waals surface area contributed by atoms with Crippen molar-refractivity contribution in [3.63, 3.8) is 0 Å². The summed E-state index contributed by atoms with van der Waals surface area (Å²) in [5.41, 5.74) is 2.87. The number of hydrogen-bond acceptors (Lipinski definition) is 3. The zero-order chi connectivity index (χ0) is 9.90. The van der Waals surface area contributed by atoms with Crippen LogP contribution >= 0.6 is 12.2 Å². The van der Waals surface area contributed by atoms with E-state index in [1.54, 1.807) is 4.90 Å². The van der Waals surface area contributed by atoms with Crippen LogP contribution in [0.4, 0.5) is 0 Å². The largest absolute Gasteiger partial charge is 0.379 e. The highest BCUT2D eigenvalue weighted by molar-refractivity contribution is 7.80. The zero-order valence-corrected chi connectivity index (χ0v) is 9.02. The quantitative estimate of drug-likeness (QED) is 0.400. The summed E-state index contributed by atoms with van der Waals surface area (Å²) in [6.45, 7) is 3.58. The first-order valence-corrected chi connectivity index (χ1v) is 4.54. The van der Waals surface area contributed by atoms with Gasteiger partial charge in [-0.25, -0.2) is 0 Å². The van der Waals surface area contributed by atoms with Crippen LogP contribution in [0.3, 0.4) is 0 Å². The molecule has 0 atom stereocenters. The van der Waals surface area contributed by atoms with E-state index >= 15 is 0 Å². The van der Waals surface area contributed by atoms with Gasteiger partial charge in [0.05, 0.1) is 18.6 Å². The minimum atomic E-state index is 0.0922. The van der Waals surface area contributed by atoms with E-state index in [1.807, 2.05) is 20.3 Å². The molecule has 74 valence electrons. The molecular weight excluding hydrogens is 186 g/mol. The van der Waals surface area contributed by atoms with E-state index in [0.29, 0.717) is 5.11 Å². The fourth-order valence-corrected chi connectivity index (χ4v) is 0.895. The van der Waals surface area contributed by atoms with Crippen LogP contribution in [0.25, 0.3) is 0 Å². The van der Waals surface area contributed by atoms with Gasteiger partial charge in [0.25, 0.3) is 0 Å². The molecule has 1 aliphatic heterocycles. The maximum Gasteiger partial charge on any atom is 0.189 e. The average Bonchev–Trinajstić information content (AvgIpc) is 2.01. The van der Waals surface area contributed by atoms with E-state index in [-0.39, 0.29) is 5.41 Å². The van der Waals surface area contributed by atoms with Gasteiger partial charge in [0.15, 0.2) is 5.11 Å². The number of hydrogen-bond donors (Lipinski definition) is 1. The lowest BCUT2D eigenvalue weighted by molar-refractivity contribution is -0.0556. The van der Waals surface area contributed by atoms with Gasteiger partial charge in [0.2, 0.25) is 0 Å². The summed E-state index contributed by atoms with van der Waals surface area (Å²) in [6, 6.07) is 0. The second-order valence-corrected chi connectivity index (χ2v) is 4.10. The topological polar surface area (TPSA) is 36.9 Å². The Labute approximate surface area is 83.9 Å². The average molecular weight is 201 g/mol. The predicted molar refractivity (Wildman–Crippen MR) is 56.8 cm³/mol. The van der Waals surface area contributed by atoms with Gasteiger partial charge in [0, 0.05) is 20.3 Å². The molecule has 0 spiro atoms. The lowest BCUT2D eigenvalue weighted by Crippen LogP contribution is -2.42. The third kappa shape index (κ3) is 2.93. The Hall–Kier alpha value is -0.680. The third-order valence-corrected chi connectivity index (χ3v) is 2.26. The molecule has 0 amide bonds. The maximum atomic E-state index is 5.08. The molecule has 1 heterocycles. The smallest absolute Gasteiger partial charge is 0.189 e. The SMILES string of the molecule is CN(C)C(=S)N/N=C/C1(C)COC1. The molecule has 0 saturated carbocycles. The van der Waals surface area contributed by atoms with Gasteiger partial charge in [0.1, 0.15) is 0 Å². The monoisotopic (exact) mass is 201 g/mol. The molecule has 0 aromatic rings. The lowest BCUT2D eigenvalue weighted by atomic mass is 9.91. The number of nitrogens with one attached hydrogen (secondary N) is 1. The van der Waals surface area contributed by atoms with Gasteiger partial charge in [-0.1, -0.05) is 6.92 Å². The normalized spacial score (nSPS) is 19.6. The van der Waals surface area contributed by atoms with Crippen LogP contribution in [0.15, 0.2) is 5.10 Å². The highest BCUT2D eigenvalue weighted by Crippen LogP contribution is 2.23. The Morgan fingerprint density at radius 2 is 2.23 bits per heavy atom. The van der Waals surface area contributed by atoms with Crippen LogP contribution in [-0.2, 0) is 4.74 Å². The van der Waals surface area contributed by atoms with Crippen LogP contribution in [0.1, 0.15) is 6.92 Å². The first-order valence-electron chi connectivity index (χ1n) is 4.13. The molecule has 13 heavy (non-hydrogen) atoms. The molecule has 0 unspecified atom stereocenters. The molecule has 0 radical (unpaired) electrons. The molecule has 0 aromatic carbocycles. The number of thiocarbonyl (C=S) groups is 1. The van der Waals surface area contributed by atoms with Crippen molar-refractivity contribution in [2.24, 2.45) is 10.5 Å². The first-order chi connectivity index (χ1) is 6.03. The van der Waals surface area contributed by atoms with E-state index in [9.17, 15) is 0 Å². The Kier molecular flexibility index (Phi) is 3.22. The molecule has 1 saturated heterocycles. The van der Waals surface area contributed by atoms with Crippen LogP contribution in [0.5, 0.6) is 0 Å². The van der Waals surface area contributed by atoms with E-state index in [0.717, 1.165) is 13.2 Å². The first kappa shape index (κ1) is 10.4. The summed E-state index contributed by atoms with van der Waals surface area (Å²) < 4.78 is 5.08. The lowest BCUT2D eigenvalue weighted by Gasteiger charge is -2.34. The minimum Gasteiger partial charge on any atom is -0.379 e. The molecule has 0 bridgehead atoms. The molecule has 0 aliphatic carbocycles. The van der Waals surface area contributed by atoms with Crippen molar-refractivity contribution < 1.29 is 4.74 Å². The fourth-order valence-electron chi connectivity index (χ4n) is 0.842. The zero-order valence-electron chi connectivity index (χ0n) is 8.20. The Balaban J connectivity index is 2.29. The van der Waals surface area contributed by atoms with Gasteiger partial charge < -0.3 is 9.64 Å². The Morgan fingerprint density at radius 1 is 1.62 bits per heavy atom. The van der Waals surface area contributed by atoms with Crippen LogP contribution in [0.2, 0.25) is 0 Å². The number of ether oxygens (including phenoxy) is 1. The van der Waals surface area contributed by atoms with Crippen molar-refractivity contribution in [1.82, 2.24) is 10.3 Å². The second kappa shape index (κ2) is 4.02. The van der Waals surface area contributed by atoms with Crippen molar-refractivity contribution in [2.75, 3.05) is 27.3 Å². The minimum absolute atomic E-state index is 0.0922. The molecule has 1 fully saturated rings. The summed E-state index contributed by atoms with van der Waals surface area (Å²) in [7, 11) is 3.75. The third-order valence-electron chi connectivity index (χ3n) is 1.81. The molecule has 5 heteroatoms. The van der Waals surface area contributed by atoms with Crippen LogP contribution in [0, 0.1) is 5.41 Å². The second-order valence-electron chi connectivity index (χ2n) is 3.72. The van der Waals surface area contributed by atoms with Gasteiger partial charge >= 0.3 is 0 Å².